The van der Waals surface area contributed by atoms with Crippen LogP contribution in [0.2, 0.25) is 0 Å². The largest absolute Gasteiger partial charge is 0.351 e. The zero-order valence-electron chi connectivity index (χ0n) is 12.3. The fraction of sp³-hybridized carbons (Fsp3) is 0.625. The predicted octanol–water partition coefficient (Wildman–Crippen LogP) is 3.56. The second-order valence-electron chi connectivity index (χ2n) is 6.34. The van der Waals surface area contributed by atoms with E-state index in [9.17, 15) is 9.18 Å². The molecule has 0 aliphatic heterocycles. The van der Waals surface area contributed by atoms with Gasteiger partial charge in [-0.1, -0.05) is 26.7 Å². The molecule has 1 amide bonds. The van der Waals surface area contributed by atoms with Crippen molar-refractivity contribution in [2.45, 2.75) is 46.0 Å². The molecule has 20 heavy (non-hydrogen) atoms. The van der Waals surface area contributed by atoms with Gasteiger partial charge in [-0.05, 0) is 36.7 Å². The Bertz CT molecular complexity index is 467. The van der Waals surface area contributed by atoms with Crippen LogP contribution >= 0.6 is 0 Å². The molecular formula is C16H23FN2O. The summed E-state index contributed by atoms with van der Waals surface area (Å²) in [6, 6.07) is 1.43. The van der Waals surface area contributed by atoms with Crippen LogP contribution in [0.1, 0.15) is 56.3 Å². The number of nitrogens with one attached hydrogen (secondary N) is 1. The molecule has 1 heterocycles. The maximum absolute atomic E-state index is 13.5. The summed E-state index contributed by atoms with van der Waals surface area (Å²) in [5.41, 5.74) is 0.283. The minimum absolute atomic E-state index is 0.0812. The van der Waals surface area contributed by atoms with Gasteiger partial charge in [-0.3, -0.25) is 9.78 Å². The van der Waals surface area contributed by atoms with Crippen molar-refractivity contribution in [3.63, 3.8) is 0 Å². The van der Waals surface area contributed by atoms with E-state index in [2.05, 4.69) is 24.1 Å². The van der Waals surface area contributed by atoms with Crippen LogP contribution in [0.4, 0.5) is 4.39 Å². The number of aromatic nitrogens is 1. The van der Waals surface area contributed by atoms with Gasteiger partial charge in [-0.25, -0.2) is 4.39 Å². The first kappa shape index (κ1) is 14.9. The number of carbonyl (C=O) groups is 1. The van der Waals surface area contributed by atoms with Crippen LogP contribution in [-0.4, -0.2) is 17.4 Å². The number of nitrogens with zero attached hydrogens (tertiary/aromatic N) is 1. The van der Waals surface area contributed by atoms with Gasteiger partial charge in [0.1, 0.15) is 0 Å². The van der Waals surface area contributed by atoms with E-state index in [1.807, 2.05) is 0 Å². The molecule has 0 spiro atoms. The highest BCUT2D eigenvalue weighted by atomic mass is 19.1. The quantitative estimate of drug-likeness (QED) is 0.895. The third-order valence-electron chi connectivity index (χ3n) is 4.15. The van der Waals surface area contributed by atoms with Crippen LogP contribution in [0.3, 0.4) is 0 Å². The molecular weight excluding hydrogens is 255 g/mol. The Labute approximate surface area is 120 Å². The van der Waals surface area contributed by atoms with Crippen molar-refractivity contribution >= 4 is 5.91 Å². The van der Waals surface area contributed by atoms with E-state index in [-0.39, 0.29) is 16.9 Å². The van der Waals surface area contributed by atoms with Crippen LogP contribution in [-0.2, 0) is 0 Å². The van der Waals surface area contributed by atoms with Crippen LogP contribution in [0.5, 0.6) is 0 Å². The van der Waals surface area contributed by atoms with Gasteiger partial charge in [-0.2, -0.15) is 0 Å². The maximum atomic E-state index is 13.5. The van der Waals surface area contributed by atoms with Gasteiger partial charge in [0.2, 0.25) is 0 Å². The minimum atomic E-state index is -0.561. The van der Waals surface area contributed by atoms with Gasteiger partial charge in [-0.15, -0.1) is 0 Å². The minimum Gasteiger partial charge on any atom is -0.351 e. The molecule has 1 aromatic rings. The normalized spacial score (nSPS) is 17.4. The van der Waals surface area contributed by atoms with Crippen molar-refractivity contribution in [3.05, 3.63) is 29.8 Å². The van der Waals surface area contributed by atoms with Gasteiger partial charge in [0.25, 0.3) is 5.91 Å². The van der Waals surface area contributed by atoms with E-state index >= 15 is 0 Å². The second-order valence-corrected chi connectivity index (χ2v) is 6.34. The van der Waals surface area contributed by atoms with Crippen LogP contribution in [0.15, 0.2) is 18.5 Å². The lowest BCUT2D eigenvalue weighted by atomic mass is 9.78. The average Bonchev–Trinajstić information content (AvgIpc) is 2.84. The summed E-state index contributed by atoms with van der Waals surface area (Å²) in [5.74, 6) is -0.281. The number of pyridine rings is 1. The van der Waals surface area contributed by atoms with Crippen molar-refractivity contribution in [2.75, 3.05) is 6.54 Å². The van der Waals surface area contributed by atoms with Crippen molar-refractivity contribution in [1.29, 1.82) is 0 Å². The van der Waals surface area contributed by atoms with Crippen molar-refractivity contribution in [1.82, 2.24) is 10.3 Å². The van der Waals surface area contributed by atoms with Crippen molar-refractivity contribution < 1.29 is 9.18 Å². The molecule has 1 saturated carbocycles. The first-order chi connectivity index (χ1) is 9.52. The standard InChI is InChI=1S/C16H23FN2O/c1-12(2)9-16(6-3-4-7-16)11-19-15(20)13-5-8-18-10-14(13)17/h5,8,10,12H,3-4,6-7,9,11H2,1-2H3,(H,19,20). The van der Waals surface area contributed by atoms with E-state index in [0.717, 1.165) is 25.5 Å². The summed E-state index contributed by atoms with van der Waals surface area (Å²) in [6.45, 7) is 5.07. The fourth-order valence-electron chi connectivity index (χ4n) is 3.37. The number of amides is 1. The number of carbonyl (C=O) groups excluding carboxylic acids is 1. The molecule has 1 aromatic heterocycles. The number of rotatable bonds is 5. The molecule has 3 nitrogen and oxygen atoms in total. The Kier molecular flexibility index (Phi) is 4.73. The van der Waals surface area contributed by atoms with Crippen LogP contribution in [0.25, 0.3) is 0 Å². The molecule has 1 fully saturated rings. The van der Waals surface area contributed by atoms with Crippen molar-refractivity contribution in [3.8, 4) is 0 Å². The Hall–Kier alpha value is -1.45. The summed E-state index contributed by atoms with van der Waals surface area (Å²) >= 11 is 0. The molecule has 0 saturated heterocycles. The smallest absolute Gasteiger partial charge is 0.254 e. The van der Waals surface area contributed by atoms with Crippen LogP contribution < -0.4 is 5.32 Å². The van der Waals surface area contributed by atoms with Gasteiger partial charge >= 0.3 is 0 Å². The third-order valence-corrected chi connectivity index (χ3v) is 4.15. The van der Waals surface area contributed by atoms with E-state index in [0.29, 0.717) is 12.5 Å². The maximum Gasteiger partial charge on any atom is 0.254 e. The lowest BCUT2D eigenvalue weighted by Gasteiger charge is -2.31. The Balaban J connectivity index is 1.99. The van der Waals surface area contributed by atoms with Gasteiger partial charge in [0.05, 0.1) is 11.8 Å². The Morgan fingerprint density at radius 3 is 2.75 bits per heavy atom. The van der Waals surface area contributed by atoms with Crippen LogP contribution in [0, 0.1) is 17.2 Å². The molecule has 4 heteroatoms. The highest BCUT2D eigenvalue weighted by Gasteiger charge is 2.34. The lowest BCUT2D eigenvalue weighted by Crippen LogP contribution is -2.37. The molecule has 0 atom stereocenters. The van der Waals surface area contributed by atoms with Gasteiger partial charge in [0.15, 0.2) is 5.82 Å². The zero-order chi connectivity index (χ0) is 14.6. The highest BCUT2D eigenvalue weighted by Crippen LogP contribution is 2.42. The van der Waals surface area contributed by atoms with Gasteiger partial charge < -0.3 is 5.32 Å². The zero-order valence-corrected chi connectivity index (χ0v) is 12.3. The molecule has 1 N–H and O–H groups in total. The molecule has 0 radical (unpaired) electrons. The molecule has 1 aliphatic rings. The highest BCUT2D eigenvalue weighted by molar-refractivity contribution is 5.94. The second kappa shape index (κ2) is 6.33. The monoisotopic (exact) mass is 278 g/mol. The fourth-order valence-corrected chi connectivity index (χ4v) is 3.37. The van der Waals surface area contributed by atoms with E-state index in [1.54, 1.807) is 0 Å². The SMILES string of the molecule is CC(C)CC1(CNC(=O)c2ccncc2F)CCCC1. The van der Waals surface area contributed by atoms with Gasteiger partial charge in [0, 0.05) is 12.7 Å². The summed E-state index contributed by atoms with van der Waals surface area (Å²) in [7, 11) is 0. The van der Waals surface area contributed by atoms with Crippen molar-refractivity contribution in [2.24, 2.45) is 11.3 Å². The molecule has 0 aromatic carbocycles. The summed E-state index contributed by atoms with van der Waals surface area (Å²) < 4.78 is 13.5. The number of hydrogen-bond acceptors (Lipinski definition) is 2. The molecule has 0 unspecified atom stereocenters. The molecule has 1 aliphatic carbocycles. The van der Waals surface area contributed by atoms with E-state index in [1.165, 1.54) is 25.1 Å². The van der Waals surface area contributed by atoms with E-state index < -0.39 is 5.82 Å². The Morgan fingerprint density at radius 2 is 2.15 bits per heavy atom. The topological polar surface area (TPSA) is 42.0 Å². The third kappa shape index (κ3) is 3.56. The summed E-state index contributed by atoms with van der Waals surface area (Å²) in [4.78, 5) is 15.7. The summed E-state index contributed by atoms with van der Waals surface area (Å²) in [5, 5.41) is 2.92. The molecule has 110 valence electrons. The first-order valence-corrected chi connectivity index (χ1v) is 7.40. The average molecular weight is 278 g/mol. The van der Waals surface area contributed by atoms with E-state index in [4.69, 9.17) is 0 Å². The summed E-state index contributed by atoms with van der Waals surface area (Å²) in [6.07, 6.45) is 8.41. The first-order valence-electron chi connectivity index (χ1n) is 7.40. The molecule has 2 rings (SSSR count). The molecule has 0 bridgehead atoms. The predicted molar refractivity (Wildman–Crippen MR) is 76.9 cm³/mol. The Morgan fingerprint density at radius 1 is 1.45 bits per heavy atom. The lowest BCUT2D eigenvalue weighted by molar-refractivity contribution is 0.0917. The number of hydrogen-bond donors (Lipinski definition) is 1. The number of halogens is 1.